The average Bonchev–Trinajstić information content (AvgIpc) is 2.92. The summed E-state index contributed by atoms with van der Waals surface area (Å²) < 4.78 is 0. The summed E-state index contributed by atoms with van der Waals surface area (Å²) in [5, 5.41) is 3.64. The van der Waals surface area contributed by atoms with E-state index in [9.17, 15) is 0 Å². The Hall–Kier alpha value is -0.120. The van der Waals surface area contributed by atoms with Crippen LogP contribution in [0.15, 0.2) is 0 Å². The number of hydrogen-bond acceptors (Lipinski definition) is 3. The van der Waals surface area contributed by atoms with Gasteiger partial charge in [-0.25, -0.2) is 0 Å². The number of nitrogens with zero attached hydrogens (tertiary/aromatic N) is 2. The smallest absolute Gasteiger partial charge is 0.0235 e. The van der Waals surface area contributed by atoms with E-state index in [0.717, 1.165) is 23.9 Å². The standard InChI is InChI=1S/C16H31N3/c1-13(2)9-17-10-14-5-7-18(11-14)16-6-8-19(12-16)15-3-4-15/h13-17H,3-12H2,1-2H3. The SMILES string of the molecule is CC(C)CNCC1CCN(C2CCN(C3CC3)C2)C1. The highest BCUT2D eigenvalue weighted by Gasteiger charge is 2.38. The summed E-state index contributed by atoms with van der Waals surface area (Å²) >= 11 is 0. The molecule has 0 aromatic rings. The van der Waals surface area contributed by atoms with Gasteiger partial charge in [0.25, 0.3) is 0 Å². The Morgan fingerprint density at radius 3 is 2.42 bits per heavy atom. The second kappa shape index (κ2) is 6.11. The fourth-order valence-electron chi connectivity index (χ4n) is 3.77. The van der Waals surface area contributed by atoms with Crippen molar-refractivity contribution in [2.24, 2.45) is 11.8 Å². The zero-order chi connectivity index (χ0) is 13.2. The number of rotatable bonds is 6. The van der Waals surface area contributed by atoms with E-state index in [2.05, 4.69) is 29.0 Å². The molecule has 1 N–H and O–H groups in total. The monoisotopic (exact) mass is 265 g/mol. The van der Waals surface area contributed by atoms with E-state index < -0.39 is 0 Å². The summed E-state index contributed by atoms with van der Waals surface area (Å²) in [6.45, 7) is 12.4. The molecule has 1 saturated carbocycles. The molecule has 3 heteroatoms. The second-order valence-electron chi connectivity index (χ2n) is 7.37. The molecule has 2 heterocycles. The van der Waals surface area contributed by atoms with Crippen LogP contribution in [0.4, 0.5) is 0 Å². The molecule has 19 heavy (non-hydrogen) atoms. The minimum Gasteiger partial charge on any atom is -0.316 e. The molecule has 1 aliphatic carbocycles. The molecule has 0 aromatic carbocycles. The van der Waals surface area contributed by atoms with E-state index >= 15 is 0 Å². The zero-order valence-corrected chi connectivity index (χ0v) is 12.8. The average molecular weight is 265 g/mol. The minimum atomic E-state index is 0.777. The lowest BCUT2D eigenvalue weighted by Gasteiger charge is -2.24. The first kappa shape index (κ1) is 13.8. The van der Waals surface area contributed by atoms with Crippen LogP contribution in [0.25, 0.3) is 0 Å². The summed E-state index contributed by atoms with van der Waals surface area (Å²) in [6.07, 6.45) is 5.76. The number of nitrogens with one attached hydrogen (secondary N) is 1. The van der Waals surface area contributed by atoms with Crippen LogP contribution in [0.2, 0.25) is 0 Å². The van der Waals surface area contributed by atoms with Crippen LogP contribution in [0.5, 0.6) is 0 Å². The van der Waals surface area contributed by atoms with Crippen molar-refractivity contribution in [3.63, 3.8) is 0 Å². The van der Waals surface area contributed by atoms with Crippen molar-refractivity contribution < 1.29 is 0 Å². The summed E-state index contributed by atoms with van der Waals surface area (Å²) in [7, 11) is 0. The van der Waals surface area contributed by atoms with Gasteiger partial charge in [0.15, 0.2) is 0 Å². The van der Waals surface area contributed by atoms with Gasteiger partial charge >= 0.3 is 0 Å². The third kappa shape index (κ3) is 3.71. The van der Waals surface area contributed by atoms with Crippen LogP contribution in [-0.2, 0) is 0 Å². The van der Waals surface area contributed by atoms with Gasteiger partial charge in [0.05, 0.1) is 0 Å². The first-order valence-corrected chi connectivity index (χ1v) is 8.41. The largest absolute Gasteiger partial charge is 0.316 e. The van der Waals surface area contributed by atoms with Crippen LogP contribution in [-0.4, -0.2) is 61.2 Å². The Morgan fingerprint density at radius 1 is 0.947 bits per heavy atom. The molecule has 110 valence electrons. The Morgan fingerprint density at radius 2 is 1.68 bits per heavy atom. The van der Waals surface area contributed by atoms with Gasteiger partial charge in [0.1, 0.15) is 0 Å². The lowest BCUT2D eigenvalue weighted by atomic mass is 10.1. The van der Waals surface area contributed by atoms with Crippen LogP contribution < -0.4 is 5.32 Å². The number of likely N-dealkylation sites (tertiary alicyclic amines) is 2. The topological polar surface area (TPSA) is 18.5 Å². The third-order valence-corrected chi connectivity index (χ3v) is 5.08. The van der Waals surface area contributed by atoms with Crippen LogP contribution in [0, 0.1) is 11.8 Å². The quantitative estimate of drug-likeness (QED) is 0.790. The second-order valence-corrected chi connectivity index (χ2v) is 7.37. The van der Waals surface area contributed by atoms with Gasteiger partial charge in [-0.3, -0.25) is 9.80 Å². The first-order valence-electron chi connectivity index (χ1n) is 8.41. The van der Waals surface area contributed by atoms with Gasteiger partial charge in [-0.1, -0.05) is 13.8 Å². The van der Waals surface area contributed by atoms with Gasteiger partial charge < -0.3 is 5.32 Å². The Balaban J connectivity index is 1.37. The van der Waals surface area contributed by atoms with Crippen LogP contribution >= 0.6 is 0 Å². The summed E-state index contributed by atoms with van der Waals surface area (Å²) in [4.78, 5) is 5.53. The molecular weight excluding hydrogens is 234 g/mol. The van der Waals surface area contributed by atoms with Gasteiger partial charge in [0.2, 0.25) is 0 Å². The van der Waals surface area contributed by atoms with Crippen molar-refractivity contribution in [2.75, 3.05) is 39.3 Å². The molecule has 0 spiro atoms. The first-order chi connectivity index (χ1) is 9.22. The molecule has 2 unspecified atom stereocenters. The van der Waals surface area contributed by atoms with E-state index in [0.29, 0.717) is 0 Å². The van der Waals surface area contributed by atoms with E-state index in [1.807, 2.05) is 0 Å². The molecule has 2 saturated heterocycles. The molecule has 3 aliphatic rings. The molecule has 3 rings (SSSR count). The maximum absolute atomic E-state index is 3.64. The predicted molar refractivity (Wildman–Crippen MR) is 80.4 cm³/mol. The van der Waals surface area contributed by atoms with E-state index in [4.69, 9.17) is 0 Å². The van der Waals surface area contributed by atoms with E-state index in [-0.39, 0.29) is 0 Å². The van der Waals surface area contributed by atoms with Crippen LogP contribution in [0.3, 0.4) is 0 Å². The van der Waals surface area contributed by atoms with E-state index in [1.165, 1.54) is 65.0 Å². The highest BCUT2D eigenvalue weighted by molar-refractivity contribution is 4.94. The van der Waals surface area contributed by atoms with Gasteiger partial charge in [-0.15, -0.1) is 0 Å². The van der Waals surface area contributed by atoms with Crippen molar-refractivity contribution >= 4 is 0 Å². The Bertz CT molecular complexity index is 288. The van der Waals surface area contributed by atoms with Gasteiger partial charge in [-0.05, 0) is 57.2 Å². The summed E-state index contributed by atoms with van der Waals surface area (Å²) in [5.41, 5.74) is 0. The zero-order valence-electron chi connectivity index (χ0n) is 12.8. The van der Waals surface area contributed by atoms with Crippen molar-refractivity contribution in [3.05, 3.63) is 0 Å². The Labute approximate surface area is 118 Å². The van der Waals surface area contributed by atoms with Gasteiger partial charge in [0, 0.05) is 31.7 Å². The summed E-state index contributed by atoms with van der Waals surface area (Å²) in [6, 6.07) is 1.84. The van der Waals surface area contributed by atoms with Crippen molar-refractivity contribution in [2.45, 2.75) is 51.6 Å². The lowest BCUT2D eigenvalue weighted by molar-refractivity contribution is 0.221. The predicted octanol–water partition coefficient (Wildman–Crippen LogP) is 1.79. The van der Waals surface area contributed by atoms with Crippen molar-refractivity contribution in [1.29, 1.82) is 0 Å². The molecule has 0 aromatic heterocycles. The molecule has 3 fully saturated rings. The normalized spacial score (nSPS) is 33.6. The molecule has 3 nitrogen and oxygen atoms in total. The maximum atomic E-state index is 3.64. The van der Waals surface area contributed by atoms with Crippen LogP contribution in [0.1, 0.15) is 39.5 Å². The molecule has 0 amide bonds. The molecule has 0 radical (unpaired) electrons. The summed E-state index contributed by atoms with van der Waals surface area (Å²) in [5.74, 6) is 1.67. The fraction of sp³-hybridized carbons (Fsp3) is 1.00. The number of hydrogen-bond donors (Lipinski definition) is 1. The van der Waals surface area contributed by atoms with Crippen molar-refractivity contribution in [3.8, 4) is 0 Å². The third-order valence-electron chi connectivity index (χ3n) is 5.08. The molecule has 0 bridgehead atoms. The molecular formula is C16H31N3. The molecule has 2 atom stereocenters. The fourth-order valence-corrected chi connectivity index (χ4v) is 3.77. The minimum absolute atomic E-state index is 0.777. The molecule has 2 aliphatic heterocycles. The highest BCUT2D eigenvalue weighted by Crippen LogP contribution is 2.32. The maximum Gasteiger partial charge on any atom is 0.0235 e. The van der Waals surface area contributed by atoms with Crippen molar-refractivity contribution in [1.82, 2.24) is 15.1 Å². The lowest BCUT2D eigenvalue weighted by Crippen LogP contribution is -2.37. The Kier molecular flexibility index (Phi) is 4.45. The highest BCUT2D eigenvalue weighted by atomic mass is 15.3. The van der Waals surface area contributed by atoms with Gasteiger partial charge in [-0.2, -0.15) is 0 Å². The van der Waals surface area contributed by atoms with E-state index in [1.54, 1.807) is 0 Å².